The van der Waals surface area contributed by atoms with Gasteiger partial charge in [0.1, 0.15) is 13.2 Å². The van der Waals surface area contributed by atoms with Crippen LogP contribution in [0.5, 0.6) is 11.5 Å². The average molecular weight is 458 g/mol. The van der Waals surface area contributed by atoms with Gasteiger partial charge in [-0.05, 0) is 31.2 Å². The summed E-state index contributed by atoms with van der Waals surface area (Å²) < 4.78 is 16.3. The van der Waals surface area contributed by atoms with Gasteiger partial charge in [0.25, 0.3) is 0 Å². The zero-order valence-electron chi connectivity index (χ0n) is 18.6. The van der Waals surface area contributed by atoms with Crippen molar-refractivity contribution in [3.05, 3.63) is 48.0 Å². The lowest BCUT2D eigenvalue weighted by Gasteiger charge is -2.19. The molecular formula is C24H27NO6S. The van der Waals surface area contributed by atoms with E-state index in [2.05, 4.69) is 5.32 Å². The van der Waals surface area contributed by atoms with Crippen LogP contribution in [0.4, 0.5) is 5.69 Å². The minimum atomic E-state index is -0.592. The number of ketones is 1. The molecular weight excluding hydrogens is 430 g/mol. The molecule has 170 valence electrons. The summed E-state index contributed by atoms with van der Waals surface area (Å²) in [6.07, 6.45) is 0. The van der Waals surface area contributed by atoms with Crippen LogP contribution in [0.3, 0.4) is 0 Å². The first-order valence-corrected chi connectivity index (χ1v) is 11.2. The summed E-state index contributed by atoms with van der Waals surface area (Å²) in [5.41, 5.74) is 0.327. The van der Waals surface area contributed by atoms with Gasteiger partial charge in [-0.15, -0.1) is 11.8 Å². The van der Waals surface area contributed by atoms with Crippen LogP contribution >= 0.6 is 11.8 Å². The number of Topliss-reactive ketones (excluding diaryl/α,β-unsaturated/α-hetero) is 1. The van der Waals surface area contributed by atoms with Gasteiger partial charge in [0.05, 0.1) is 10.8 Å². The highest BCUT2D eigenvalue weighted by atomic mass is 32.2. The third-order valence-electron chi connectivity index (χ3n) is 4.76. The van der Waals surface area contributed by atoms with Crippen LogP contribution in [0.15, 0.2) is 47.4 Å². The van der Waals surface area contributed by atoms with Crippen molar-refractivity contribution in [2.75, 3.05) is 25.1 Å². The number of hydrogen-bond donors (Lipinski definition) is 1. The Morgan fingerprint density at radius 1 is 1.06 bits per heavy atom. The van der Waals surface area contributed by atoms with Crippen molar-refractivity contribution < 1.29 is 28.6 Å². The summed E-state index contributed by atoms with van der Waals surface area (Å²) in [6, 6.07) is 12.1. The van der Waals surface area contributed by atoms with Crippen LogP contribution in [0.25, 0.3) is 0 Å². The van der Waals surface area contributed by atoms with E-state index in [9.17, 15) is 14.4 Å². The Bertz CT molecular complexity index is 1010. The zero-order chi connectivity index (χ0) is 23.3. The molecule has 32 heavy (non-hydrogen) atoms. The van der Waals surface area contributed by atoms with Gasteiger partial charge in [-0.3, -0.25) is 9.59 Å². The topological polar surface area (TPSA) is 90.9 Å². The molecule has 0 aliphatic carbocycles. The highest BCUT2D eigenvalue weighted by molar-refractivity contribution is 8.00. The molecule has 1 aliphatic heterocycles. The molecule has 7 nitrogen and oxygen atoms in total. The molecule has 1 aliphatic rings. The average Bonchev–Trinajstić information content (AvgIpc) is 2.76. The van der Waals surface area contributed by atoms with Gasteiger partial charge < -0.3 is 19.5 Å². The van der Waals surface area contributed by atoms with Crippen LogP contribution in [0, 0.1) is 5.41 Å². The quantitative estimate of drug-likeness (QED) is 0.488. The van der Waals surface area contributed by atoms with Crippen molar-refractivity contribution in [2.24, 2.45) is 5.41 Å². The molecule has 0 aromatic heterocycles. The van der Waals surface area contributed by atoms with Crippen molar-refractivity contribution in [3.63, 3.8) is 0 Å². The van der Waals surface area contributed by atoms with Crippen molar-refractivity contribution in [3.8, 4) is 11.5 Å². The number of rotatable bonds is 7. The van der Waals surface area contributed by atoms with Gasteiger partial charge in [-0.2, -0.15) is 0 Å². The number of carbonyl (C=O) groups is 3. The highest BCUT2D eigenvalue weighted by Gasteiger charge is 2.24. The smallest absolute Gasteiger partial charge is 0.339 e. The lowest BCUT2D eigenvalue weighted by atomic mass is 9.91. The minimum Gasteiger partial charge on any atom is -0.486 e. The van der Waals surface area contributed by atoms with E-state index in [1.54, 1.807) is 70.2 Å². The summed E-state index contributed by atoms with van der Waals surface area (Å²) in [4.78, 5) is 38.0. The van der Waals surface area contributed by atoms with Crippen molar-refractivity contribution in [2.45, 2.75) is 37.8 Å². The second kappa shape index (κ2) is 10.1. The number of esters is 1. The molecule has 3 rings (SSSR count). The lowest BCUT2D eigenvalue weighted by molar-refractivity contribution is -0.129. The number of thioether (sulfide) groups is 1. The number of fused-ring (bicyclic) bond motifs is 1. The van der Waals surface area contributed by atoms with Crippen LogP contribution in [-0.4, -0.2) is 42.7 Å². The molecule has 0 saturated heterocycles. The molecule has 1 amide bonds. The summed E-state index contributed by atoms with van der Waals surface area (Å²) in [5, 5.41) is 2.37. The van der Waals surface area contributed by atoms with Gasteiger partial charge in [-0.1, -0.05) is 32.9 Å². The van der Waals surface area contributed by atoms with Gasteiger partial charge in [0.2, 0.25) is 5.91 Å². The van der Waals surface area contributed by atoms with Crippen molar-refractivity contribution in [1.82, 2.24) is 0 Å². The predicted molar refractivity (Wildman–Crippen MR) is 123 cm³/mol. The summed E-state index contributed by atoms with van der Waals surface area (Å²) >= 11 is 1.24. The fraction of sp³-hybridized carbons (Fsp3) is 0.375. The molecule has 0 radical (unpaired) electrons. The zero-order valence-corrected chi connectivity index (χ0v) is 19.4. The fourth-order valence-corrected chi connectivity index (χ4v) is 3.75. The van der Waals surface area contributed by atoms with Gasteiger partial charge in [0.15, 0.2) is 23.9 Å². The first-order valence-electron chi connectivity index (χ1n) is 10.3. The Balaban J connectivity index is 1.63. The van der Waals surface area contributed by atoms with Crippen LogP contribution in [0.2, 0.25) is 0 Å². The predicted octanol–water partition coefficient (Wildman–Crippen LogP) is 4.35. The number of benzene rings is 2. The Morgan fingerprint density at radius 2 is 1.75 bits per heavy atom. The molecule has 2 aromatic carbocycles. The summed E-state index contributed by atoms with van der Waals surface area (Å²) in [6.45, 7) is 7.74. The van der Waals surface area contributed by atoms with Gasteiger partial charge in [0, 0.05) is 22.1 Å². The summed E-state index contributed by atoms with van der Waals surface area (Å²) in [5.74, 6) is 0.257. The molecule has 8 heteroatoms. The molecule has 1 atom stereocenters. The van der Waals surface area contributed by atoms with Crippen molar-refractivity contribution >= 4 is 35.1 Å². The number of ether oxygens (including phenoxy) is 3. The van der Waals surface area contributed by atoms with E-state index in [0.717, 1.165) is 0 Å². The monoisotopic (exact) mass is 457 g/mol. The second-order valence-corrected chi connectivity index (χ2v) is 9.74. The van der Waals surface area contributed by atoms with E-state index in [4.69, 9.17) is 14.2 Å². The third-order valence-corrected chi connectivity index (χ3v) is 5.94. The lowest BCUT2D eigenvalue weighted by Crippen LogP contribution is -2.26. The normalized spacial score (nSPS) is 13.8. The fourth-order valence-electron chi connectivity index (χ4n) is 2.77. The molecule has 1 N–H and O–H groups in total. The number of carbonyl (C=O) groups excluding carboxylic acids is 3. The number of hydrogen-bond acceptors (Lipinski definition) is 7. The molecule has 0 unspecified atom stereocenters. The second-order valence-electron chi connectivity index (χ2n) is 8.35. The first kappa shape index (κ1) is 23.7. The standard InChI is InChI=1S/C24H27NO6S/c1-15(22(27)25-16-9-10-18-19(13-16)30-12-11-29-18)32-20-8-6-5-7-17(20)23(28)31-14-21(26)24(2,3)4/h5-10,13,15H,11-12,14H2,1-4H3,(H,25,27)/t15-/m1/s1. The third kappa shape index (κ3) is 6.03. The van der Waals surface area contributed by atoms with E-state index in [1.165, 1.54) is 11.8 Å². The van der Waals surface area contributed by atoms with E-state index >= 15 is 0 Å². The van der Waals surface area contributed by atoms with E-state index in [0.29, 0.717) is 40.9 Å². The Labute approximate surface area is 191 Å². The van der Waals surface area contributed by atoms with Crippen LogP contribution in [-0.2, 0) is 14.3 Å². The molecule has 0 fully saturated rings. The molecule has 1 heterocycles. The Hall–Kier alpha value is -3.00. The van der Waals surface area contributed by atoms with E-state index in [1.807, 2.05) is 0 Å². The number of nitrogens with one attached hydrogen (secondary N) is 1. The summed E-state index contributed by atoms with van der Waals surface area (Å²) in [7, 11) is 0. The number of anilines is 1. The first-order chi connectivity index (χ1) is 15.1. The van der Waals surface area contributed by atoms with Gasteiger partial charge in [-0.25, -0.2) is 4.79 Å². The van der Waals surface area contributed by atoms with E-state index < -0.39 is 16.6 Å². The molecule has 0 saturated carbocycles. The van der Waals surface area contributed by atoms with Gasteiger partial charge >= 0.3 is 5.97 Å². The Kier molecular flexibility index (Phi) is 7.45. The van der Waals surface area contributed by atoms with Crippen LogP contribution < -0.4 is 14.8 Å². The minimum absolute atomic E-state index is 0.164. The SMILES string of the molecule is C[C@@H](Sc1ccccc1C(=O)OCC(=O)C(C)(C)C)C(=O)Nc1ccc2c(c1)OCCO2. The Morgan fingerprint density at radius 3 is 2.47 bits per heavy atom. The molecule has 0 bridgehead atoms. The highest BCUT2D eigenvalue weighted by Crippen LogP contribution is 2.33. The largest absolute Gasteiger partial charge is 0.486 e. The van der Waals surface area contributed by atoms with Crippen molar-refractivity contribution in [1.29, 1.82) is 0 Å². The molecule has 0 spiro atoms. The van der Waals surface area contributed by atoms with E-state index in [-0.39, 0.29) is 18.3 Å². The molecule has 2 aromatic rings. The maximum Gasteiger partial charge on any atom is 0.339 e. The number of amides is 1. The maximum atomic E-state index is 12.7. The van der Waals surface area contributed by atoms with Crippen LogP contribution in [0.1, 0.15) is 38.1 Å². The maximum absolute atomic E-state index is 12.7.